The summed E-state index contributed by atoms with van der Waals surface area (Å²) < 4.78 is 65.8. The number of sulfonamides is 1. The summed E-state index contributed by atoms with van der Waals surface area (Å²) in [5, 5.41) is 3.29. The molecule has 0 aromatic heterocycles. The van der Waals surface area contributed by atoms with Gasteiger partial charge in [-0.2, -0.15) is 31.5 Å². The summed E-state index contributed by atoms with van der Waals surface area (Å²) in [7, 11) is -4.27. The van der Waals surface area contributed by atoms with Crippen LogP contribution >= 0.6 is 0 Å². The summed E-state index contributed by atoms with van der Waals surface area (Å²) in [5.41, 5.74) is 1.06. The van der Waals surface area contributed by atoms with Crippen molar-refractivity contribution in [3.05, 3.63) is 28.8 Å². The van der Waals surface area contributed by atoms with E-state index in [1.165, 1.54) is 0 Å². The molecule has 4 nitrogen and oxygen atoms in total. The Morgan fingerprint density at radius 3 is 1.83 bits per heavy atom. The van der Waals surface area contributed by atoms with E-state index < -0.39 is 21.9 Å². The van der Waals surface area contributed by atoms with Gasteiger partial charge in [-0.1, -0.05) is 67.0 Å². The van der Waals surface area contributed by atoms with E-state index >= 15 is 0 Å². The number of nitrogens with zero attached hydrogens (tertiary/aromatic N) is 1. The van der Waals surface area contributed by atoms with Crippen LogP contribution in [-0.2, 0) is 10.0 Å². The first-order chi connectivity index (χ1) is 13.2. The molecule has 29 heavy (non-hydrogen) atoms. The minimum Gasteiger partial charge on any atom is -0.200 e. The molecule has 166 valence electrons. The summed E-state index contributed by atoms with van der Waals surface area (Å²) in [6.45, 7) is 13.3. The lowest BCUT2D eigenvalue weighted by atomic mass is 9.89. The van der Waals surface area contributed by atoms with Crippen molar-refractivity contribution < 1.29 is 21.6 Å². The van der Waals surface area contributed by atoms with Crippen molar-refractivity contribution >= 4 is 15.7 Å². The zero-order valence-electron chi connectivity index (χ0n) is 18.3. The van der Waals surface area contributed by atoms with E-state index in [4.69, 9.17) is 0 Å². The summed E-state index contributed by atoms with van der Waals surface area (Å²) >= 11 is 0. The summed E-state index contributed by atoms with van der Waals surface area (Å²) in [5.74, 6) is -0.0496. The maximum Gasteiger partial charge on any atom is 0.431 e. The van der Waals surface area contributed by atoms with Gasteiger partial charge < -0.3 is 0 Å². The normalized spacial score (nSPS) is 13.6. The molecule has 0 atom stereocenters. The van der Waals surface area contributed by atoms with E-state index in [2.05, 4.69) is 5.10 Å². The van der Waals surface area contributed by atoms with Gasteiger partial charge in [0.25, 0.3) is 10.0 Å². The van der Waals surface area contributed by atoms with Crippen molar-refractivity contribution in [2.24, 2.45) is 5.10 Å². The number of hydrogen-bond donors (Lipinski definition) is 1. The van der Waals surface area contributed by atoms with Crippen molar-refractivity contribution in [2.75, 3.05) is 0 Å². The highest BCUT2D eigenvalue weighted by atomic mass is 32.2. The van der Waals surface area contributed by atoms with E-state index in [1.807, 2.05) is 58.5 Å². The minimum atomic E-state index is -4.68. The number of benzene rings is 1. The van der Waals surface area contributed by atoms with Gasteiger partial charge in [0.15, 0.2) is 0 Å². The Hall–Kier alpha value is -1.57. The number of rotatable bonds is 9. The Morgan fingerprint density at radius 2 is 1.48 bits per heavy atom. The minimum absolute atomic E-state index is 0.0349. The van der Waals surface area contributed by atoms with Crippen molar-refractivity contribution in [3.8, 4) is 0 Å². The average molecular weight is 435 g/mol. The van der Waals surface area contributed by atoms with E-state index in [9.17, 15) is 21.6 Å². The predicted octanol–water partition coefficient (Wildman–Crippen LogP) is 6.44. The fourth-order valence-electron chi connectivity index (χ4n) is 2.97. The van der Waals surface area contributed by atoms with Crippen molar-refractivity contribution in [1.82, 2.24) is 4.83 Å². The molecule has 1 N–H and O–H groups in total. The number of nitrogens with one attached hydrogen (secondary N) is 1. The topological polar surface area (TPSA) is 58.5 Å². The molecule has 0 saturated heterocycles. The van der Waals surface area contributed by atoms with Gasteiger partial charge >= 0.3 is 6.18 Å². The maximum atomic E-state index is 13.2. The van der Waals surface area contributed by atoms with Crippen LogP contribution in [0.5, 0.6) is 0 Å². The molecule has 0 saturated carbocycles. The molecule has 0 aliphatic heterocycles. The van der Waals surface area contributed by atoms with Gasteiger partial charge in [0.1, 0.15) is 5.71 Å². The highest BCUT2D eigenvalue weighted by Gasteiger charge is 2.36. The van der Waals surface area contributed by atoms with Gasteiger partial charge in [0, 0.05) is 0 Å². The molecule has 0 aliphatic carbocycles. The molecule has 1 aromatic rings. The smallest absolute Gasteiger partial charge is 0.200 e. The number of hydrogen-bond acceptors (Lipinski definition) is 3. The monoisotopic (exact) mass is 434 g/mol. The van der Waals surface area contributed by atoms with Crippen LogP contribution < -0.4 is 4.83 Å². The quantitative estimate of drug-likeness (QED) is 0.359. The predicted molar refractivity (Wildman–Crippen MR) is 112 cm³/mol. The zero-order chi connectivity index (χ0) is 22.6. The van der Waals surface area contributed by atoms with Crippen LogP contribution in [0.4, 0.5) is 13.2 Å². The highest BCUT2D eigenvalue weighted by molar-refractivity contribution is 7.89. The van der Waals surface area contributed by atoms with Gasteiger partial charge in [-0.15, -0.1) is 0 Å². The lowest BCUT2D eigenvalue weighted by Crippen LogP contribution is -2.29. The van der Waals surface area contributed by atoms with Crippen LogP contribution in [0, 0.1) is 0 Å². The van der Waals surface area contributed by atoms with E-state index in [1.54, 1.807) is 6.92 Å². The standard InChI is InChI=1S/C21H33F3N2O2S/c1-8-9-10-19(21(22,23)24)25-26-29(27,28)20-17(14(4)5)11-16(13(2)3)12-18(20)15(6)7/h11-15,26H,8-10H2,1-7H3/b25-19-. The highest BCUT2D eigenvalue weighted by Crippen LogP contribution is 2.35. The third kappa shape index (κ3) is 6.73. The molecular weight excluding hydrogens is 401 g/mol. The van der Waals surface area contributed by atoms with Crippen LogP contribution in [0.2, 0.25) is 0 Å². The lowest BCUT2D eigenvalue weighted by Gasteiger charge is -2.22. The van der Waals surface area contributed by atoms with Crippen LogP contribution in [-0.4, -0.2) is 20.3 Å². The lowest BCUT2D eigenvalue weighted by molar-refractivity contribution is -0.0608. The second-order valence-corrected chi connectivity index (χ2v) is 9.84. The van der Waals surface area contributed by atoms with Gasteiger partial charge in [-0.25, -0.2) is 0 Å². The Bertz CT molecular complexity index is 798. The number of unbranched alkanes of at least 4 members (excludes halogenated alkanes) is 1. The summed E-state index contributed by atoms with van der Waals surface area (Å²) in [6, 6.07) is 3.67. The molecule has 1 aromatic carbocycles. The number of hydrazone groups is 1. The SMILES string of the molecule is CCCC/C(=N/NS(=O)(=O)c1c(C(C)C)cc(C(C)C)cc1C(C)C)C(F)(F)F. The third-order valence-corrected chi connectivity index (χ3v) is 6.08. The van der Waals surface area contributed by atoms with Gasteiger partial charge in [0.2, 0.25) is 0 Å². The molecule has 1 rings (SSSR count). The molecule has 0 radical (unpaired) electrons. The molecular formula is C21H33F3N2O2S. The number of halogens is 3. The molecule has 0 bridgehead atoms. The Kier molecular flexibility index (Phi) is 8.74. The first-order valence-electron chi connectivity index (χ1n) is 10.1. The van der Waals surface area contributed by atoms with Crippen LogP contribution in [0.15, 0.2) is 22.1 Å². The second kappa shape index (κ2) is 9.96. The van der Waals surface area contributed by atoms with Gasteiger partial charge in [-0.3, -0.25) is 0 Å². The molecule has 0 heterocycles. The molecule has 0 aliphatic rings. The molecule has 0 amide bonds. The summed E-state index contributed by atoms with van der Waals surface area (Å²) in [6.07, 6.45) is -4.19. The first-order valence-corrected chi connectivity index (χ1v) is 11.5. The van der Waals surface area contributed by atoms with Crippen LogP contribution in [0.3, 0.4) is 0 Å². The Morgan fingerprint density at radius 1 is 1.00 bits per heavy atom. The molecule has 8 heteroatoms. The summed E-state index contributed by atoms with van der Waals surface area (Å²) in [4.78, 5) is 1.91. The van der Waals surface area contributed by atoms with E-state index in [0.29, 0.717) is 17.5 Å². The van der Waals surface area contributed by atoms with Gasteiger partial charge in [0.05, 0.1) is 4.90 Å². The second-order valence-electron chi connectivity index (χ2n) is 8.25. The maximum absolute atomic E-state index is 13.2. The fraction of sp³-hybridized carbons (Fsp3) is 0.667. The van der Waals surface area contributed by atoms with E-state index in [0.717, 1.165) is 5.56 Å². The average Bonchev–Trinajstić information content (AvgIpc) is 2.59. The first kappa shape index (κ1) is 25.5. The van der Waals surface area contributed by atoms with Crippen LogP contribution in [0.25, 0.3) is 0 Å². The third-order valence-electron chi connectivity index (χ3n) is 4.74. The molecule has 0 unspecified atom stereocenters. The van der Waals surface area contributed by atoms with Crippen molar-refractivity contribution in [1.29, 1.82) is 0 Å². The fourth-order valence-corrected chi connectivity index (χ4v) is 4.50. The number of alkyl halides is 3. The Labute approximate surface area is 173 Å². The molecule has 0 spiro atoms. The van der Waals surface area contributed by atoms with Crippen LogP contribution in [0.1, 0.15) is 102 Å². The van der Waals surface area contributed by atoms with E-state index in [-0.39, 0.29) is 35.5 Å². The largest absolute Gasteiger partial charge is 0.431 e. The van der Waals surface area contributed by atoms with Gasteiger partial charge in [-0.05, 0) is 47.3 Å². The molecule has 0 fully saturated rings. The van der Waals surface area contributed by atoms with Crippen molar-refractivity contribution in [2.45, 2.75) is 96.6 Å². The Balaban J connectivity index is 3.59. The van der Waals surface area contributed by atoms with Crippen molar-refractivity contribution in [3.63, 3.8) is 0 Å². The zero-order valence-corrected chi connectivity index (χ0v) is 19.1.